The van der Waals surface area contributed by atoms with E-state index in [0.717, 1.165) is 16.8 Å². The van der Waals surface area contributed by atoms with E-state index in [1.165, 1.54) is 17.3 Å². The normalized spacial score (nSPS) is 19.3. The average Bonchev–Trinajstić information content (AvgIpc) is 3.44. The highest BCUT2D eigenvalue weighted by molar-refractivity contribution is 8.15. The van der Waals surface area contributed by atoms with Crippen LogP contribution in [0.3, 0.4) is 0 Å². The third kappa shape index (κ3) is 5.48. The van der Waals surface area contributed by atoms with Crippen LogP contribution in [-0.4, -0.2) is 33.0 Å². The Morgan fingerprint density at radius 3 is 2.53 bits per heavy atom. The van der Waals surface area contributed by atoms with Crippen LogP contribution < -0.4 is 5.32 Å². The van der Waals surface area contributed by atoms with Crippen molar-refractivity contribution in [1.29, 1.82) is 0 Å². The molecule has 0 saturated heterocycles. The summed E-state index contributed by atoms with van der Waals surface area (Å²) < 4.78 is 0. The number of aryl methyl sites for hydroxylation is 1. The lowest BCUT2D eigenvalue weighted by molar-refractivity contribution is -0.121. The van der Waals surface area contributed by atoms with Gasteiger partial charge in [-0.15, -0.1) is 0 Å². The summed E-state index contributed by atoms with van der Waals surface area (Å²) >= 11 is 13.4. The molecule has 2 heterocycles. The molecular weight excluding hydrogens is 515 g/mol. The largest absolute Gasteiger partial charge is 0.326 e. The molecule has 0 fully saturated rings. The van der Waals surface area contributed by atoms with Gasteiger partial charge >= 0.3 is 0 Å². The van der Waals surface area contributed by atoms with Gasteiger partial charge in [-0.1, -0.05) is 83.0 Å². The third-order valence-electron chi connectivity index (χ3n) is 5.95. The summed E-state index contributed by atoms with van der Waals surface area (Å²) in [4.78, 5) is 29.7. The summed E-state index contributed by atoms with van der Waals surface area (Å²) in [6, 6.07) is 22.6. The Bertz CT molecular complexity index is 1370. The van der Waals surface area contributed by atoms with Crippen LogP contribution in [0.2, 0.25) is 10.0 Å². The van der Waals surface area contributed by atoms with Crippen LogP contribution in [0.5, 0.6) is 0 Å². The number of anilines is 1. The molecule has 1 N–H and O–H groups in total. The van der Waals surface area contributed by atoms with Gasteiger partial charge < -0.3 is 5.32 Å². The Balaban J connectivity index is 1.35. The number of benzene rings is 3. The first-order chi connectivity index (χ1) is 17.4. The molecule has 2 atom stereocenters. The number of hydrogen-bond acceptors (Lipinski definition) is 5. The van der Waals surface area contributed by atoms with Gasteiger partial charge in [-0.25, -0.2) is 5.01 Å². The summed E-state index contributed by atoms with van der Waals surface area (Å²) in [5.74, 6) is -0.621. The van der Waals surface area contributed by atoms with Crippen molar-refractivity contribution in [3.05, 3.63) is 99.5 Å². The Labute approximate surface area is 223 Å². The molecule has 36 heavy (non-hydrogen) atoms. The number of thioether (sulfide) groups is 1. The smallest absolute Gasteiger partial charge is 0.262 e. The molecule has 2 amide bonds. The van der Waals surface area contributed by atoms with E-state index in [-0.39, 0.29) is 24.3 Å². The quantitative estimate of drug-likeness (QED) is 0.404. The van der Waals surface area contributed by atoms with E-state index in [0.29, 0.717) is 27.3 Å². The molecule has 3 aromatic rings. The summed E-state index contributed by atoms with van der Waals surface area (Å²) in [7, 11) is 0. The van der Waals surface area contributed by atoms with Crippen molar-refractivity contribution in [3.63, 3.8) is 0 Å². The van der Waals surface area contributed by atoms with Crippen LogP contribution in [0.4, 0.5) is 5.69 Å². The van der Waals surface area contributed by atoms with Gasteiger partial charge in [0, 0.05) is 28.6 Å². The molecule has 6 nitrogen and oxygen atoms in total. The summed E-state index contributed by atoms with van der Waals surface area (Å²) in [5.41, 5.74) is 4.70. The molecule has 0 bridgehead atoms. The molecule has 2 aliphatic rings. The van der Waals surface area contributed by atoms with E-state index in [1.54, 1.807) is 29.3 Å². The number of amides is 2. The topological polar surface area (TPSA) is 74.1 Å². The van der Waals surface area contributed by atoms with Gasteiger partial charge in [-0.3, -0.25) is 9.59 Å². The number of carbonyl (C=O) groups is 2. The van der Waals surface area contributed by atoms with Crippen molar-refractivity contribution in [2.45, 2.75) is 31.1 Å². The van der Waals surface area contributed by atoms with Gasteiger partial charge in [0.2, 0.25) is 5.91 Å². The molecule has 5 rings (SSSR count). The molecule has 9 heteroatoms. The number of hydrogen-bond donors (Lipinski definition) is 1. The number of rotatable bonds is 5. The molecule has 0 aromatic heterocycles. The predicted octanol–water partition coefficient (Wildman–Crippen LogP) is 6.48. The number of halogens is 2. The van der Waals surface area contributed by atoms with Crippen LogP contribution in [0.15, 0.2) is 82.9 Å². The Morgan fingerprint density at radius 1 is 1.06 bits per heavy atom. The van der Waals surface area contributed by atoms with Gasteiger partial charge in [0.25, 0.3) is 5.91 Å². The maximum Gasteiger partial charge on any atom is 0.262 e. The van der Waals surface area contributed by atoms with Crippen LogP contribution in [-0.2, 0) is 9.59 Å². The second kappa shape index (κ2) is 10.5. The van der Waals surface area contributed by atoms with Crippen LogP contribution in [0.1, 0.15) is 35.6 Å². The number of aliphatic imine (C=N–C) groups is 1. The van der Waals surface area contributed by atoms with Crippen molar-refractivity contribution < 1.29 is 9.59 Å². The van der Waals surface area contributed by atoms with Gasteiger partial charge in [0.05, 0.1) is 11.8 Å². The highest BCUT2D eigenvalue weighted by atomic mass is 35.5. The second-order valence-corrected chi connectivity index (χ2v) is 10.7. The molecule has 2 aliphatic heterocycles. The Morgan fingerprint density at radius 2 is 1.81 bits per heavy atom. The number of hydrazone groups is 1. The van der Waals surface area contributed by atoms with E-state index in [2.05, 4.69) is 22.4 Å². The maximum absolute atomic E-state index is 12.8. The Hall–Kier alpha value is -3.13. The molecule has 0 radical (unpaired) electrons. The van der Waals surface area contributed by atoms with Gasteiger partial charge in [-0.05, 0) is 48.4 Å². The zero-order valence-electron chi connectivity index (χ0n) is 19.3. The van der Waals surface area contributed by atoms with Crippen LogP contribution >= 0.6 is 35.0 Å². The first-order valence-electron chi connectivity index (χ1n) is 11.4. The van der Waals surface area contributed by atoms with Crippen LogP contribution in [0, 0.1) is 6.92 Å². The Kier molecular flexibility index (Phi) is 7.14. The van der Waals surface area contributed by atoms with E-state index >= 15 is 0 Å². The zero-order valence-corrected chi connectivity index (χ0v) is 21.6. The van der Waals surface area contributed by atoms with Gasteiger partial charge in [0.1, 0.15) is 5.25 Å². The molecule has 182 valence electrons. The van der Waals surface area contributed by atoms with Crippen molar-refractivity contribution in [3.8, 4) is 0 Å². The number of amidine groups is 1. The minimum Gasteiger partial charge on any atom is -0.326 e. The first kappa shape index (κ1) is 24.6. The fourth-order valence-electron chi connectivity index (χ4n) is 4.10. The predicted molar refractivity (Wildman–Crippen MR) is 147 cm³/mol. The van der Waals surface area contributed by atoms with Crippen molar-refractivity contribution >= 4 is 63.3 Å². The van der Waals surface area contributed by atoms with E-state index < -0.39 is 5.25 Å². The lowest BCUT2D eigenvalue weighted by Gasteiger charge is -2.23. The molecule has 0 aliphatic carbocycles. The fourth-order valence-corrected chi connectivity index (χ4v) is 5.48. The fraction of sp³-hybridized carbons (Fsp3) is 0.185. The molecule has 3 aromatic carbocycles. The molecule has 0 saturated carbocycles. The van der Waals surface area contributed by atoms with Gasteiger partial charge in [0.15, 0.2) is 5.17 Å². The number of nitrogens with one attached hydrogen (secondary N) is 1. The van der Waals surface area contributed by atoms with Crippen molar-refractivity contribution in [2.75, 3.05) is 5.32 Å². The van der Waals surface area contributed by atoms with Gasteiger partial charge in [-0.2, -0.15) is 10.1 Å². The zero-order chi connectivity index (χ0) is 25.2. The number of carbonyl (C=O) groups excluding carboxylic acids is 2. The monoisotopic (exact) mass is 536 g/mol. The summed E-state index contributed by atoms with van der Waals surface area (Å²) in [6.07, 6.45) is 0.648. The highest BCUT2D eigenvalue weighted by Crippen LogP contribution is 2.39. The molecule has 0 spiro atoms. The van der Waals surface area contributed by atoms with E-state index in [1.807, 2.05) is 43.3 Å². The lowest BCUT2D eigenvalue weighted by atomic mass is 9.98. The highest BCUT2D eigenvalue weighted by Gasteiger charge is 2.39. The van der Waals surface area contributed by atoms with Crippen molar-refractivity contribution in [2.24, 2.45) is 10.1 Å². The summed E-state index contributed by atoms with van der Waals surface area (Å²) in [6.45, 7) is 2.04. The van der Waals surface area contributed by atoms with Crippen LogP contribution in [0.25, 0.3) is 0 Å². The minimum atomic E-state index is -0.622. The summed E-state index contributed by atoms with van der Waals surface area (Å²) in [5, 5.41) is 10.5. The SMILES string of the molecule is Cc1ccc(C2=NN(C3=NC(=O)[C@H](CC(=O)Nc4cccc(Cl)c4)S3)[C@@H](c3ccc(Cl)cc3)C2)cc1. The lowest BCUT2D eigenvalue weighted by Crippen LogP contribution is -2.25. The van der Waals surface area contributed by atoms with E-state index in [4.69, 9.17) is 28.3 Å². The average molecular weight is 537 g/mol. The minimum absolute atomic E-state index is 0.00298. The molecular formula is C27H22Cl2N4O2S. The maximum atomic E-state index is 12.8. The van der Waals surface area contributed by atoms with E-state index in [9.17, 15) is 9.59 Å². The number of nitrogens with zero attached hydrogens (tertiary/aromatic N) is 3. The second-order valence-electron chi connectivity index (χ2n) is 8.63. The first-order valence-corrected chi connectivity index (χ1v) is 13.0. The third-order valence-corrected chi connectivity index (χ3v) is 7.58. The standard InChI is InChI=1S/C27H22Cl2N4O2S/c1-16-5-7-17(8-6-16)22-14-23(18-9-11-19(28)12-10-18)33(32-22)27-31-26(35)24(36-27)15-25(34)30-21-4-2-3-20(29)13-21/h2-13,23-24H,14-15H2,1H3,(H,30,34)/t23-,24+/m1/s1. The molecule has 0 unspecified atom stereocenters. The van der Waals surface area contributed by atoms with Crippen molar-refractivity contribution in [1.82, 2.24) is 5.01 Å².